The van der Waals surface area contributed by atoms with E-state index in [1.54, 1.807) is 12.1 Å². The van der Waals surface area contributed by atoms with E-state index in [0.717, 1.165) is 19.1 Å². The van der Waals surface area contributed by atoms with Crippen LogP contribution in [0.25, 0.3) is 0 Å². The Bertz CT molecular complexity index is 381. The van der Waals surface area contributed by atoms with Gasteiger partial charge in [-0.25, -0.2) is 0 Å². The number of hydrogen-bond donors (Lipinski definition) is 0. The Morgan fingerprint density at radius 1 is 1.38 bits per heavy atom. The van der Waals surface area contributed by atoms with E-state index < -0.39 is 0 Å². The highest BCUT2D eigenvalue weighted by Gasteiger charge is 2.26. The second-order valence-corrected chi connectivity index (χ2v) is 4.28. The molecule has 3 nitrogen and oxygen atoms in total. The molecule has 0 heterocycles. The van der Waals surface area contributed by atoms with Crippen LogP contribution in [0.5, 0.6) is 11.5 Å². The second kappa shape index (κ2) is 4.56. The van der Waals surface area contributed by atoms with Crippen molar-refractivity contribution in [3.05, 3.63) is 23.8 Å². The molecule has 0 N–H and O–H groups in total. The predicted molar refractivity (Wildman–Crippen MR) is 61.2 cm³/mol. The zero-order chi connectivity index (χ0) is 11.5. The minimum Gasteiger partial charge on any atom is -0.487 e. The van der Waals surface area contributed by atoms with E-state index in [4.69, 9.17) is 9.47 Å². The molecule has 0 radical (unpaired) electrons. The minimum absolute atomic E-state index is 0.0726. The number of carbonyl (C=O) groups is 1. The monoisotopic (exact) mass is 220 g/mol. The number of aldehydes is 1. The largest absolute Gasteiger partial charge is 0.487 e. The molecule has 0 atom stereocenters. The Kier molecular flexibility index (Phi) is 3.13. The van der Waals surface area contributed by atoms with Crippen LogP contribution < -0.4 is 9.47 Å². The van der Waals surface area contributed by atoms with Crippen molar-refractivity contribution in [2.45, 2.75) is 38.9 Å². The van der Waals surface area contributed by atoms with Crippen LogP contribution in [-0.2, 0) is 0 Å². The lowest BCUT2D eigenvalue weighted by Gasteiger charge is -2.16. The van der Waals surface area contributed by atoms with Crippen molar-refractivity contribution in [3.8, 4) is 11.5 Å². The zero-order valence-electron chi connectivity index (χ0n) is 9.60. The first-order valence-corrected chi connectivity index (χ1v) is 5.62. The fourth-order valence-corrected chi connectivity index (χ4v) is 1.45. The molecule has 1 aromatic carbocycles. The molecule has 3 heteroatoms. The maximum atomic E-state index is 10.9. The van der Waals surface area contributed by atoms with Crippen molar-refractivity contribution in [1.82, 2.24) is 0 Å². The van der Waals surface area contributed by atoms with Crippen LogP contribution in [0, 0.1) is 0 Å². The lowest BCUT2D eigenvalue weighted by molar-refractivity contribution is 0.111. The van der Waals surface area contributed by atoms with Crippen molar-refractivity contribution in [3.63, 3.8) is 0 Å². The molecule has 1 aromatic rings. The van der Waals surface area contributed by atoms with Gasteiger partial charge in [0.05, 0.1) is 17.8 Å². The average molecular weight is 220 g/mol. The third-order valence-corrected chi connectivity index (χ3v) is 2.31. The standard InChI is InChI=1S/C13H16O3/c1-9(2)15-12-5-3-4-10(8-14)13(12)16-11-6-7-11/h3-5,8-9,11H,6-7H2,1-2H3. The molecular weight excluding hydrogens is 204 g/mol. The number of hydrogen-bond acceptors (Lipinski definition) is 3. The first-order chi connectivity index (χ1) is 7.70. The van der Waals surface area contributed by atoms with Gasteiger partial charge >= 0.3 is 0 Å². The van der Waals surface area contributed by atoms with Gasteiger partial charge in [-0.05, 0) is 38.8 Å². The Balaban J connectivity index is 2.28. The van der Waals surface area contributed by atoms with Crippen LogP contribution in [0.4, 0.5) is 0 Å². The van der Waals surface area contributed by atoms with Gasteiger partial charge in [0.15, 0.2) is 17.8 Å². The molecule has 1 saturated carbocycles. The molecule has 0 unspecified atom stereocenters. The fraction of sp³-hybridized carbons (Fsp3) is 0.462. The first kappa shape index (κ1) is 11.0. The highest BCUT2D eigenvalue weighted by Crippen LogP contribution is 2.36. The van der Waals surface area contributed by atoms with Gasteiger partial charge in [-0.15, -0.1) is 0 Å². The number of carbonyl (C=O) groups excluding carboxylic acids is 1. The summed E-state index contributed by atoms with van der Waals surface area (Å²) in [6.45, 7) is 3.91. The summed E-state index contributed by atoms with van der Waals surface area (Å²) in [5, 5.41) is 0. The third-order valence-electron chi connectivity index (χ3n) is 2.31. The summed E-state index contributed by atoms with van der Waals surface area (Å²) in [6, 6.07) is 5.39. The molecule has 0 spiro atoms. The zero-order valence-corrected chi connectivity index (χ0v) is 9.60. The van der Waals surface area contributed by atoms with E-state index >= 15 is 0 Å². The molecule has 0 aliphatic heterocycles. The van der Waals surface area contributed by atoms with Crippen LogP contribution in [-0.4, -0.2) is 18.5 Å². The SMILES string of the molecule is CC(C)Oc1cccc(C=O)c1OC1CC1. The molecule has 1 aliphatic carbocycles. The lowest BCUT2D eigenvalue weighted by Crippen LogP contribution is -2.09. The van der Waals surface area contributed by atoms with Crippen molar-refractivity contribution >= 4 is 6.29 Å². The Labute approximate surface area is 95.4 Å². The van der Waals surface area contributed by atoms with Crippen LogP contribution >= 0.6 is 0 Å². The van der Waals surface area contributed by atoms with Gasteiger partial charge < -0.3 is 9.47 Å². The van der Waals surface area contributed by atoms with Crippen LogP contribution in [0.3, 0.4) is 0 Å². The summed E-state index contributed by atoms with van der Waals surface area (Å²) in [4.78, 5) is 10.9. The molecule has 1 aliphatic rings. The summed E-state index contributed by atoms with van der Waals surface area (Å²) in [7, 11) is 0. The summed E-state index contributed by atoms with van der Waals surface area (Å²) in [6.07, 6.45) is 3.27. The van der Waals surface area contributed by atoms with Gasteiger partial charge in [-0.1, -0.05) is 6.07 Å². The fourth-order valence-electron chi connectivity index (χ4n) is 1.45. The van der Waals surface area contributed by atoms with Crippen molar-refractivity contribution in [2.75, 3.05) is 0 Å². The van der Waals surface area contributed by atoms with Gasteiger partial charge in [0.1, 0.15) is 0 Å². The topological polar surface area (TPSA) is 35.5 Å². The minimum atomic E-state index is 0.0726. The Morgan fingerprint density at radius 3 is 2.69 bits per heavy atom. The quantitative estimate of drug-likeness (QED) is 0.716. The van der Waals surface area contributed by atoms with Gasteiger partial charge in [0, 0.05) is 0 Å². The van der Waals surface area contributed by atoms with Crippen molar-refractivity contribution in [1.29, 1.82) is 0 Å². The maximum Gasteiger partial charge on any atom is 0.172 e. The maximum absolute atomic E-state index is 10.9. The van der Waals surface area contributed by atoms with Gasteiger partial charge in [-0.3, -0.25) is 4.79 Å². The van der Waals surface area contributed by atoms with Gasteiger partial charge in [0.25, 0.3) is 0 Å². The summed E-state index contributed by atoms with van der Waals surface area (Å²) in [5.74, 6) is 1.25. The van der Waals surface area contributed by atoms with Gasteiger partial charge in [-0.2, -0.15) is 0 Å². The van der Waals surface area contributed by atoms with Crippen LogP contribution in [0.15, 0.2) is 18.2 Å². The van der Waals surface area contributed by atoms with Crippen molar-refractivity contribution in [2.24, 2.45) is 0 Å². The number of benzene rings is 1. The van der Waals surface area contributed by atoms with E-state index in [0.29, 0.717) is 17.1 Å². The van der Waals surface area contributed by atoms with Crippen LogP contribution in [0.1, 0.15) is 37.0 Å². The lowest BCUT2D eigenvalue weighted by atomic mass is 10.2. The number of para-hydroxylation sites is 1. The molecule has 0 aromatic heterocycles. The highest BCUT2D eigenvalue weighted by atomic mass is 16.5. The third kappa shape index (κ3) is 2.54. The summed E-state index contributed by atoms with van der Waals surface area (Å²) < 4.78 is 11.4. The molecular formula is C13H16O3. The van der Waals surface area contributed by atoms with Crippen LogP contribution in [0.2, 0.25) is 0 Å². The van der Waals surface area contributed by atoms with E-state index in [9.17, 15) is 4.79 Å². The molecule has 16 heavy (non-hydrogen) atoms. The molecule has 1 fully saturated rings. The van der Waals surface area contributed by atoms with Crippen molar-refractivity contribution < 1.29 is 14.3 Å². The number of ether oxygens (including phenoxy) is 2. The molecule has 0 bridgehead atoms. The van der Waals surface area contributed by atoms with E-state index in [2.05, 4.69) is 0 Å². The number of rotatable bonds is 5. The smallest absolute Gasteiger partial charge is 0.172 e. The van der Waals surface area contributed by atoms with E-state index in [1.165, 1.54) is 0 Å². The average Bonchev–Trinajstić information content (AvgIpc) is 3.03. The summed E-state index contributed by atoms with van der Waals surface area (Å²) in [5.41, 5.74) is 0.560. The van der Waals surface area contributed by atoms with E-state index in [-0.39, 0.29) is 12.2 Å². The molecule has 2 rings (SSSR count). The van der Waals surface area contributed by atoms with Gasteiger partial charge in [0.2, 0.25) is 0 Å². The summed E-state index contributed by atoms with van der Waals surface area (Å²) >= 11 is 0. The normalized spacial score (nSPS) is 14.9. The highest BCUT2D eigenvalue weighted by molar-refractivity contribution is 5.81. The Hall–Kier alpha value is -1.51. The Morgan fingerprint density at radius 2 is 2.12 bits per heavy atom. The molecule has 86 valence electrons. The predicted octanol–water partition coefficient (Wildman–Crippen LogP) is 2.83. The molecule has 0 saturated heterocycles. The second-order valence-electron chi connectivity index (χ2n) is 4.28. The van der Waals surface area contributed by atoms with E-state index in [1.807, 2.05) is 19.9 Å². The molecule has 0 amide bonds. The first-order valence-electron chi connectivity index (χ1n) is 5.62.